The zero-order valence-electron chi connectivity index (χ0n) is 11.4. The van der Waals surface area contributed by atoms with Gasteiger partial charge >= 0.3 is 0 Å². The summed E-state index contributed by atoms with van der Waals surface area (Å²) in [5, 5.41) is 0. The molecule has 0 N–H and O–H groups in total. The summed E-state index contributed by atoms with van der Waals surface area (Å²) in [5.74, 6) is 0.0541. The van der Waals surface area contributed by atoms with Crippen LogP contribution in [0, 0.1) is 11.3 Å². The minimum Gasteiger partial charge on any atom is -0.278 e. The first-order chi connectivity index (χ1) is 8.84. The van der Waals surface area contributed by atoms with E-state index in [0.29, 0.717) is 13.0 Å². The number of nitrogens with zero attached hydrogens (tertiary/aromatic N) is 1. The van der Waals surface area contributed by atoms with Crippen LogP contribution in [0.5, 0.6) is 0 Å². The number of halogens is 1. The first kappa shape index (κ1) is 14.3. The van der Waals surface area contributed by atoms with E-state index in [1.165, 1.54) is 4.90 Å². The second-order valence-corrected chi connectivity index (χ2v) is 6.58. The van der Waals surface area contributed by atoms with E-state index >= 15 is 0 Å². The van der Waals surface area contributed by atoms with Crippen LogP contribution in [-0.4, -0.2) is 16.7 Å². The summed E-state index contributed by atoms with van der Waals surface area (Å²) in [4.78, 5) is 25.9. The van der Waals surface area contributed by atoms with E-state index in [1.807, 2.05) is 45.0 Å². The molecule has 2 amide bonds. The van der Waals surface area contributed by atoms with Crippen molar-refractivity contribution in [3.05, 3.63) is 34.3 Å². The normalized spacial score (nSPS) is 23.5. The molecule has 3 nitrogen and oxygen atoms in total. The Morgan fingerprint density at radius 3 is 2.32 bits per heavy atom. The lowest BCUT2D eigenvalue weighted by molar-refractivity contribution is -0.142. The second kappa shape index (κ2) is 5.08. The molecule has 4 heteroatoms. The predicted octanol–water partition coefficient (Wildman–Crippen LogP) is 3.37. The highest BCUT2D eigenvalue weighted by Crippen LogP contribution is 2.39. The fourth-order valence-corrected chi connectivity index (χ4v) is 2.55. The summed E-state index contributed by atoms with van der Waals surface area (Å²) in [5.41, 5.74) is 0.421. The van der Waals surface area contributed by atoms with Crippen molar-refractivity contribution in [2.24, 2.45) is 11.3 Å². The molecule has 1 atom stereocenters. The lowest BCUT2D eigenvalue weighted by atomic mass is 9.78. The van der Waals surface area contributed by atoms with Gasteiger partial charge in [-0.15, -0.1) is 0 Å². The zero-order valence-corrected chi connectivity index (χ0v) is 13.0. The highest BCUT2D eigenvalue weighted by atomic mass is 79.9. The van der Waals surface area contributed by atoms with Crippen LogP contribution in [0.1, 0.15) is 32.8 Å². The Hall–Kier alpha value is -1.16. The molecule has 1 heterocycles. The van der Waals surface area contributed by atoms with Crippen molar-refractivity contribution in [3.8, 4) is 0 Å². The summed E-state index contributed by atoms with van der Waals surface area (Å²) in [7, 11) is 0. The molecule has 1 aromatic rings. The van der Waals surface area contributed by atoms with Gasteiger partial charge in [0, 0.05) is 10.9 Å². The average molecular weight is 324 g/mol. The predicted molar refractivity (Wildman–Crippen MR) is 77.3 cm³/mol. The zero-order chi connectivity index (χ0) is 14.2. The number of likely N-dealkylation sites (tertiary alicyclic amines) is 1. The van der Waals surface area contributed by atoms with Crippen molar-refractivity contribution in [1.29, 1.82) is 0 Å². The molecular weight excluding hydrogens is 306 g/mol. The van der Waals surface area contributed by atoms with E-state index in [9.17, 15) is 9.59 Å². The van der Waals surface area contributed by atoms with Gasteiger partial charge in [-0.25, -0.2) is 0 Å². The van der Waals surface area contributed by atoms with Gasteiger partial charge in [0.15, 0.2) is 0 Å². The molecule has 1 aromatic carbocycles. The van der Waals surface area contributed by atoms with Gasteiger partial charge in [-0.05, 0) is 30.5 Å². The average Bonchev–Trinajstić information content (AvgIpc) is 2.57. The van der Waals surface area contributed by atoms with Crippen molar-refractivity contribution < 1.29 is 9.59 Å². The maximum Gasteiger partial charge on any atom is 0.236 e. The minimum absolute atomic E-state index is 0.0459. The van der Waals surface area contributed by atoms with E-state index < -0.39 is 5.41 Å². The Morgan fingerprint density at radius 2 is 1.84 bits per heavy atom. The van der Waals surface area contributed by atoms with Crippen LogP contribution in [0.2, 0.25) is 0 Å². The van der Waals surface area contributed by atoms with Gasteiger partial charge < -0.3 is 0 Å². The fourth-order valence-electron chi connectivity index (χ4n) is 2.29. The smallest absolute Gasteiger partial charge is 0.236 e. The number of hydrogen-bond acceptors (Lipinski definition) is 2. The van der Waals surface area contributed by atoms with Crippen molar-refractivity contribution in [1.82, 2.24) is 4.90 Å². The monoisotopic (exact) mass is 323 g/mol. The largest absolute Gasteiger partial charge is 0.278 e. The lowest BCUT2D eigenvalue weighted by Gasteiger charge is -2.26. The number of rotatable bonds is 3. The van der Waals surface area contributed by atoms with Crippen LogP contribution in [0.3, 0.4) is 0 Å². The van der Waals surface area contributed by atoms with Gasteiger partial charge in [0.25, 0.3) is 0 Å². The third-order valence-electron chi connectivity index (χ3n) is 4.08. The van der Waals surface area contributed by atoms with Gasteiger partial charge in [-0.1, -0.05) is 41.9 Å². The number of carbonyl (C=O) groups excluding carboxylic acids is 2. The van der Waals surface area contributed by atoms with E-state index in [0.717, 1.165) is 10.0 Å². The molecule has 19 heavy (non-hydrogen) atoms. The summed E-state index contributed by atoms with van der Waals surface area (Å²) in [6.07, 6.45) is 0.319. The van der Waals surface area contributed by atoms with E-state index in [4.69, 9.17) is 0 Å². The van der Waals surface area contributed by atoms with Crippen molar-refractivity contribution in [2.45, 2.75) is 33.7 Å². The molecular formula is C15H18BrNO2. The molecule has 0 saturated carbocycles. The Balaban J connectivity index is 2.20. The highest BCUT2D eigenvalue weighted by molar-refractivity contribution is 9.10. The number of carbonyl (C=O) groups is 2. The molecule has 102 valence electrons. The van der Waals surface area contributed by atoms with Crippen molar-refractivity contribution >= 4 is 27.7 Å². The number of benzene rings is 1. The maximum absolute atomic E-state index is 12.4. The summed E-state index contributed by atoms with van der Waals surface area (Å²) >= 11 is 3.37. The first-order valence-corrected chi connectivity index (χ1v) is 7.23. The minimum atomic E-state index is -0.549. The van der Waals surface area contributed by atoms with Gasteiger partial charge in [0.2, 0.25) is 11.8 Å². The number of hydrogen-bond donors (Lipinski definition) is 0. The molecule has 2 rings (SSSR count). The number of amides is 2. The second-order valence-electron chi connectivity index (χ2n) is 5.66. The van der Waals surface area contributed by atoms with Crippen molar-refractivity contribution in [2.75, 3.05) is 0 Å². The van der Waals surface area contributed by atoms with Gasteiger partial charge in [0.05, 0.1) is 12.0 Å². The Bertz CT molecular complexity index is 509. The third-order valence-corrected chi connectivity index (χ3v) is 4.61. The summed E-state index contributed by atoms with van der Waals surface area (Å²) in [6.45, 7) is 6.25. The highest BCUT2D eigenvalue weighted by Gasteiger charge is 2.49. The Morgan fingerprint density at radius 1 is 1.26 bits per heavy atom. The lowest BCUT2D eigenvalue weighted by Crippen LogP contribution is -2.36. The van der Waals surface area contributed by atoms with Crippen LogP contribution in [-0.2, 0) is 16.1 Å². The molecule has 0 radical (unpaired) electrons. The SMILES string of the molecule is CC(C)C1(C)CC(=O)N(Cc2ccc(Br)cc2)C1=O. The van der Waals surface area contributed by atoms with Crippen LogP contribution < -0.4 is 0 Å². The molecule has 0 aliphatic carbocycles. The van der Waals surface area contributed by atoms with Crippen molar-refractivity contribution in [3.63, 3.8) is 0 Å². The topological polar surface area (TPSA) is 37.4 Å². The number of imide groups is 1. The molecule has 1 unspecified atom stereocenters. The van der Waals surface area contributed by atoms with E-state index in [-0.39, 0.29) is 17.7 Å². The summed E-state index contributed by atoms with van der Waals surface area (Å²) < 4.78 is 0.988. The summed E-state index contributed by atoms with van der Waals surface area (Å²) in [6, 6.07) is 7.69. The molecule has 0 bridgehead atoms. The Labute approximate surface area is 122 Å². The molecule has 1 aliphatic heterocycles. The van der Waals surface area contributed by atoms with Gasteiger partial charge in [0.1, 0.15) is 0 Å². The molecule has 1 saturated heterocycles. The first-order valence-electron chi connectivity index (χ1n) is 6.44. The van der Waals surface area contributed by atoms with Gasteiger partial charge in [-0.3, -0.25) is 14.5 Å². The fraction of sp³-hybridized carbons (Fsp3) is 0.467. The van der Waals surface area contributed by atoms with Crippen LogP contribution in [0.25, 0.3) is 0 Å². The Kier molecular flexibility index (Phi) is 3.81. The van der Waals surface area contributed by atoms with Crippen LogP contribution in [0.15, 0.2) is 28.7 Å². The van der Waals surface area contributed by atoms with E-state index in [2.05, 4.69) is 15.9 Å². The molecule has 0 spiro atoms. The third kappa shape index (κ3) is 2.59. The standard InChI is InChI=1S/C15H18BrNO2/c1-10(2)15(3)8-13(18)17(14(15)19)9-11-4-6-12(16)7-5-11/h4-7,10H,8-9H2,1-3H3. The quantitative estimate of drug-likeness (QED) is 0.800. The molecule has 1 fully saturated rings. The van der Waals surface area contributed by atoms with Gasteiger partial charge in [-0.2, -0.15) is 0 Å². The molecule has 0 aromatic heterocycles. The molecule has 1 aliphatic rings. The maximum atomic E-state index is 12.4. The van der Waals surface area contributed by atoms with Crippen LogP contribution >= 0.6 is 15.9 Å². The van der Waals surface area contributed by atoms with E-state index in [1.54, 1.807) is 0 Å². The van der Waals surface area contributed by atoms with Crippen LogP contribution in [0.4, 0.5) is 0 Å².